The molecule has 0 bridgehead atoms. The molecule has 60 heavy (non-hydrogen) atoms. The second kappa shape index (κ2) is 17.5. The van der Waals surface area contributed by atoms with E-state index in [0.29, 0.717) is 11.1 Å². The summed E-state index contributed by atoms with van der Waals surface area (Å²) in [7, 11) is -4.22. The third-order valence-electron chi connectivity index (χ3n) is 12.1. The van der Waals surface area contributed by atoms with Gasteiger partial charge in [-0.05, 0) is 125 Å². The summed E-state index contributed by atoms with van der Waals surface area (Å²) in [4.78, 5) is 14.2. The first-order chi connectivity index (χ1) is 29.0. The van der Waals surface area contributed by atoms with E-state index in [0.717, 1.165) is 12.3 Å². The van der Waals surface area contributed by atoms with Gasteiger partial charge >= 0.3 is 0 Å². The first kappa shape index (κ1) is 41.0. The molecule has 0 spiro atoms. The Morgan fingerprint density at radius 1 is 0.283 bits per heavy atom. The molecule has 8 aromatic carbocycles. The minimum Gasteiger partial charge on any atom is -0.289 e. The molecule has 8 rings (SSSR count). The van der Waals surface area contributed by atoms with E-state index in [2.05, 4.69) is 211 Å². The van der Waals surface area contributed by atoms with Gasteiger partial charge < -0.3 is 0 Å². The lowest BCUT2D eigenvalue weighted by Gasteiger charge is -2.28. The average molecular weight is 817 g/mol. The maximum atomic E-state index is 14.2. The topological polar surface area (TPSA) is 17.1 Å². The Hall–Kier alpha value is -5.71. The van der Waals surface area contributed by atoms with Crippen LogP contribution in [0.1, 0.15) is 60.4 Å². The van der Waals surface area contributed by atoms with Crippen LogP contribution in [0.5, 0.6) is 0 Å². The Kier molecular flexibility index (Phi) is 12.0. The lowest BCUT2D eigenvalue weighted by molar-refractivity contribution is 0.103. The van der Waals surface area contributed by atoms with Gasteiger partial charge in [0.1, 0.15) is 46.4 Å². The standard InChI is InChI=1S/C57H54OP2/c1-41-7-27-51(28-8-41)59(52-29-9-42(2)10-30-52,53-31-11-43(3)12-32-53)39-47-19-23-49(24-20-47)57(58)50-25-21-48(22-26-50)40-60(54-33-13-44(4)14-34-54,55-35-15-45(5)16-36-55)56-37-17-46(6)18-38-56/h7-38H,39-40H2,1-6H3/q+2. The van der Waals surface area contributed by atoms with Crippen LogP contribution in [0.3, 0.4) is 0 Å². The van der Waals surface area contributed by atoms with Crippen LogP contribution in [0.15, 0.2) is 194 Å². The molecule has 0 fully saturated rings. The molecule has 0 atom stereocenters. The molecular weight excluding hydrogens is 763 g/mol. The van der Waals surface area contributed by atoms with Crippen LogP contribution in [-0.2, 0) is 12.3 Å². The highest BCUT2D eigenvalue weighted by Crippen LogP contribution is 2.59. The van der Waals surface area contributed by atoms with Crippen LogP contribution in [0.2, 0.25) is 0 Å². The van der Waals surface area contributed by atoms with Crippen molar-refractivity contribution in [3.8, 4) is 0 Å². The van der Waals surface area contributed by atoms with E-state index < -0.39 is 14.5 Å². The second-order valence-electron chi connectivity index (χ2n) is 16.7. The quantitative estimate of drug-likeness (QED) is 0.0887. The summed E-state index contributed by atoms with van der Waals surface area (Å²) in [5, 5.41) is 8.16. The highest BCUT2D eigenvalue weighted by atomic mass is 31.2. The molecule has 3 heteroatoms. The summed E-state index contributed by atoms with van der Waals surface area (Å²) in [6.45, 7) is 12.9. The van der Waals surface area contributed by atoms with Gasteiger partial charge in [-0.1, -0.05) is 155 Å². The Balaban J connectivity index is 1.12. The lowest BCUT2D eigenvalue weighted by Crippen LogP contribution is -2.32. The van der Waals surface area contributed by atoms with Crippen LogP contribution in [0.25, 0.3) is 0 Å². The van der Waals surface area contributed by atoms with E-state index in [1.807, 2.05) is 24.3 Å². The van der Waals surface area contributed by atoms with Crippen molar-refractivity contribution in [1.29, 1.82) is 0 Å². The normalized spacial score (nSPS) is 11.7. The van der Waals surface area contributed by atoms with Gasteiger partial charge in [-0.25, -0.2) is 0 Å². The fourth-order valence-corrected chi connectivity index (χ4v) is 16.8. The maximum absolute atomic E-state index is 14.2. The highest BCUT2D eigenvalue weighted by Gasteiger charge is 2.47. The molecule has 0 saturated heterocycles. The minimum atomic E-state index is -2.11. The predicted octanol–water partition coefficient (Wildman–Crippen LogP) is 11.8. The van der Waals surface area contributed by atoms with Crippen LogP contribution >= 0.6 is 14.5 Å². The molecule has 0 radical (unpaired) electrons. The van der Waals surface area contributed by atoms with Crippen LogP contribution < -0.4 is 31.8 Å². The fourth-order valence-electron chi connectivity index (χ4n) is 8.48. The van der Waals surface area contributed by atoms with Crippen molar-refractivity contribution in [3.63, 3.8) is 0 Å². The molecule has 0 saturated carbocycles. The Morgan fingerprint density at radius 2 is 0.467 bits per heavy atom. The summed E-state index contributed by atoms with van der Waals surface area (Å²) >= 11 is 0. The SMILES string of the molecule is Cc1ccc([P+](Cc2ccc(C(=O)c3ccc(C[P+](c4ccc(C)cc4)(c4ccc(C)cc4)c4ccc(C)cc4)cc3)cc2)(c2ccc(C)cc2)c2ccc(C)cc2)cc1. The second-order valence-corrected chi connectivity index (χ2v) is 23.6. The summed E-state index contributed by atoms with van der Waals surface area (Å²) in [5.41, 5.74) is 11.4. The third kappa shape index (κ3) is 8.36. The zero-order valence-corrected chi connectivity index (χ0v) is 37.5. The molecule has 296 valence electrons. The number of benzene rings is 8. The Morgan fingerprint density at radius 3 is 0.650 bits per heavy atom. The van der Waals surface area contributed by atoms with Crippen molar-refractivity contribution in [2.45, 2.75) is 53.9 Å². The number of carbonyl (C=O) groups excluding carboxylic acids is 1. The number of ketones is 1. The lowest BCUT2D eigenvalue weighted by atomic mass is 10.0. The molecule has 0 amide bonds. The van der Waals surface area contributed by atoms with Crippen molar-refractivity contribution in [2.75, 3.05) is 0 Å². The zero-order valence-electron chi connectivity index (χ0n) is 35.7. The number of hydrogen-bond acceptors (Lipinski definition) is 1. The first-order valence-electron chi connectivity index (χ1n) is 21.0. The van der Waals surface area contributed by atoms with E-state index in [-0.39, 0.29) is 5.78 Å². The molecule has 0 aromatic heterocycles. The average Bonchev–Trinajstić information content (AvgIpc) is 3.27. The van der Waals surface area contributed by atoms with Gasteiger partial charge in [0.15, 0.2) is 5.78 Å². The van der Waals surface area contributed by atoms with Gasteiger partial charge in [0, 0.05) is 11.1 Å². The van der Waals surface area contributed by atoms with Crippen LogP contribution in [0, 0.1) is 41.5 Å². The zero-order chi connectivity index (χ0) is 41.9. The number of rotatable bonds is 12. The molecule has 8 aromatic rings. The highest BCUT2D eigenvalue weighted by molar-refractivity contribution is 7.95. The third-order valence-corrected chi connectivity index (χ3v) is 20.9. The maximum Gasteiger partial charge on any atom is 0.193 e. The van der Waals surface area contributed by atoms with Gasteiger partial charge in [-0.2, -0.15) is 0 Å². The molecule has 0 aliphatic carbocycles. The van der Waals surface area contributed by atoms with Crippen molar-refractivity contribution < 1.29 is 4.79 Å². The molecule has 1 nitrogen and oxygen atoms in total. The molecule has 0 unspecified atom stereocenters. The number of aryl methyl sites for hydroxylation is 6. The Labute approximate surface area is 358 Å². The van der Waals surface area contributed by atoms with E-state index in [9.17, 15) is 4.79 Å². The van der Waals surface area contributed by atoms with Gasteiger partial charge in [-0.3, -0.25) is 4.79 Å². The van der Waals surface area contributed by atoms with Gasteiger partial charge in [-0.15, -0.1) is 0 Å². The molecule has 0 aliphatic heterocycles. The van der Waals surface area contributed by atoms with Gasteiger partial charge in [0.2, 0.25) is 0 Å². The Bertz CT molecular complexity index is 2280. The van der Waals surface area contributed by atoms with E-state index >= 15 is 0 Å². The number of hydrogen-bond donors (Lipinski definition) is 0. The molecular formula is C57H54OP2+2. The van der Waals surface area contributed by atoms with Crippen LogP contribution in [-0.4, -0.2) is 5.78 Å². The summed E-state index contributed by atoms with van der Waals surface area (Å²) < 4.78 is 0. The molecule has 0 N–H and O–H groups in total. The van der Waals surface area contributed by atoms with E-state index in [4.69, 9.17) is 0 Å². The van der Waals surface area contributed by atoms with Crippen molar-refractivity contribution in [2.24, 2.45) is 0 Å². The predicted molar refractivity (Wildman–Crippen MR) is 262 cm³/mol. The largest absolute Gasteiger partial charge is 0.289 e. The summed E-state index contributed by atoms with van der Waals surface area (Å²) in [6, 6.07) is 71.8. The summed E-state index contributed by atoms with van der Waals surface area (Å²) in [6.07, 6.45) is 1.72. The minimum absolute atomic E-state index is 0.0430. The monoisotopic (exact) mass is 816 g/mol. The van der Waals surface area contributed by atoms with E-state index in [1.54, 1.807) is 0 Å². The van der Waals surface area contributed by atoms with Gasteiger partial charge in [0.05, 0.1) is 12.3 Å². The van der Waals surface area contributed by atoms with Gasteiger partial charge in [0.25, 0.3) is 0 Å². The van der Waals surface area contributed by atoms with Crippen molar-refractivity contribution >= 4 is 52.1 Å². The first-order valence-corrected chi connectivity index (χ1v) is 24.9. The molecule has 0 heterocycles. The van der Waals surface area contributed by atoms with Crippen molar-refractivity contribution in [1.82, 2.24) is 0 Å². The summed E-state index contributed by atoms with van der Waals surface area (Å²) in [5.74, 6) is 0.0430. The van der Waals surface area contributed by atoms with Crippen molar-refractivity contribution in [3.05, 3.63) is 250 Å². The smallest absolute Gasteiger partial charge is 0.193 e. The number of carbonyl (C=O) groups is 1. The fraction of sp³-hybridized carbons (Fsp3) is 0.140. The molecule has 0 aliphatic rings. The van der Waals surface area contributed by atoms with E-state index in [1.165, 1.54) is 76.3 Å². The van der Waals surface area contributed by atoms with Crippen LogP contribution in [0.4, 0.5) is 0 Å².